The van der Waals surface area contributed by atoms with Gasteiger partial charge in [0.05, 0.1) is 35.8 Å². The van der Waals surface area contributed by atoms with Crippen LogP contribution in [0, 0.1) is 41.5 Å². The Morgan fingerprint density at radius 2 is 0.311 bits per heavy atom. The minimum Gasteiger partial charge on any atom is -0.545 e. The Balaban J connectivity index is 0.000000706. The van der Waals surface area contributed by atoms with Crippen LogP contribution in [0.4, 0.5) is 0 Å². The molecule has 0 atom stereocenters. The quantitative estimate of drug-likeness (QED) is 0.219. The fourth-order valence-electron chi connectivity index (χ4n) is 4.14. The number of carboxylic acid groups (broad SMARTS) is 6. The molecule has 0 saturated heterocycles. The molecular formula is C48H42MoO12-6. The Hall–Kier alpha value is -7.17. The normalized spacial score (nSPS) is 9.15. The monoisotopic (exact) mass is 908 g/mol. The Bertz CT molecular complexity index is 1850. The smallest absolute Gasteiger partial charge is 0.0715 e. The van der Waals surface area contributed by atoms with Crippen LogP contribution >= 0.6 is 0 Å². The summed E-state index contributed by atoms with van der Waals surface area (Å²) in [5.41, 5.74) is 7.64. The Labute approximate surface area is 368 Å². The molecule has 12 nitrogen and oxygen atoms in total. The van der Waals surface area contributed by atoms with Gasteiger partial charge in [-0.15, -0.1) is 0 Å². The maximum atomic E-state index is 10.2. The minimum atomic E-state index is -1.12. The van der Waals surface area contributed by atoms with Crippen molar-refractivity contribution in [2.45, 2.75) is 41.5 Å². The van der Waals surface area contributed by atoms with Gasteiger partial charge in [0, 0.05) is 21.1 Å². The second-order valence-corrected chi connectivity index (χ2v) is 12.9. The summed E-state index contributed by atoms with van der Waals surface area (Å²) in [4.78, 5) is 61.2. The van der Waals surface area contributed by atoms with E-state index in [9.17, 15) is 59.4 Å². The van der Waals surface area contributed by atoms with Crippen LogP contribution in [0.5, 0.6) is 0 Å². The van der Waals surface area contributed by atoms with Gasteiger partial charge in [0.2, 0.25) is 0 Å². The predicted octanol–water partition coefficient (Wildman–Crippen LogP) is 2.15. The van der Waals surface area contributed by atoms with E-state index in [4.69, 9.17) is 0 Å². The van der Waals surface area contributed by atoms with Gasteiger partial charge < -0.3 is 59.4 Å². The Morgan fingerprint density at radius 3 is 0.377 bits per heavy atom. The van der Waals surface area contributed by atoms with E-state index in [0.717, 1.165) is 33.4 Å². The molecule has 0 heterocycles. The average molecular weight is 907 g/mol. The van der Waals surface area contributed by atoms with Crippen molar-refractivity contribution in [1.29, 1.82) is 0 Å². The molecule has 0 bridgehead atoms. The van der Waals surface area contributed by atoms with Crippen LogP contribution < -0.4 is 30.6 Å². The number of rotatable bonds is 6. The molecule has 0 unspecified atom stereocenters. The first kappa shape index (κ1) is 53.8. The van der Waals surface area contributed by atoms with E-state index in [1.165, 1.54) is 72.8 Å². The molecule has 0 aliphatic heterocycles. The number of aryl methyl sites for hydroxylation is 6. The van der Waals surface area contributed by atoms with E-state index in [0.29, 0.717) is 0 Å². The summed E-state index contributed by atoms with van der Waals surface area (Å²) in [5, 5.41) is 61.2. The maximum Gasteiger partial charge on any atom is 0.0715 e. The van der Waals surface area contributed by atoms with E-state index in [-0.39, 0.29) is 54.4 Å². The first-order valence-corrected chi connectivity index (χ1v) is 17.9. The van der Waals surface area contributed by atoms with Crippen molar-refractivity contribution >= 4 is 35.8 Å². The molecular weight excluding hydrogens is 864 g/mol. The molecule has 0 N–H and O–H groups in total. The predicted molar refractivity (Wildman–Crippen MR) is 213 cm³/mol. The third-order valence-corrected chi connectivity index (χ3v) is 7.72. The van der Waals surface area contributed by atoms with Crippen LogP contribution in [0.3, 0.4) is 0 Å². The van der Waals surface area contributed by atoms with E-state index < -0.39 is 35.8 Å². The van der Waals surface area contributed by atoms with Gasteiger partial charge in [-0.25, -0.2) is 0 Å². The number of hydrogen-bond acceptors (Lipinski definition) is 12. The fraction of sp³-hybridized carbons (Fsp3) is 0.125. The van der Waals surface area contributed by atoms with Crippen LogP contribution in [-0.4, -0.2) is 35.8 Å². The summed E-state index contributed by atoms with van der Waals surface area (Å²) >= 11 is 0. The third-order valence-electron chi connectivity index (χ3n) is 7.72. The van der Waals surface area contributed by atoms with Crippen molar-refractivity contribution in [3.8, 4) is 0 Å². The number of carbonyl (C=O) groups is 6. The second-order valence-electron chi connectivity index (χ2n) is 12.9. The third kappa shape index (κ3) is 23.1. The summed E-state index contributed by atoms with van der Waals surface area (Å²) < 4.78 is 0. The fourth-order valence-corrected chi connectivity index (χ4v) is 4.14. The van der Waals surface area contributed by atoms with Crippen LogP contribution in [-0.2, 0) is 21.1 Å². The van der Waals surface area contributed by atoms with Crippen molar-refractivity contribution in [3.05, 3.63) is 212 Å². The van der Waals surface area contributed by atoms with Gasteiger partial charge in [-0.3, -0.25) is 0 Å². The zero-order valence-corrected chi connectivity index (χ0v) is 36.2. The molecule has 318 valence electrons. The topological polar surface area (TPSA) is 241 Å². The molecule has 0 aliphatic rings. The Morgan fingerprint density at radius 1 is 0.230 bits per heavy atom. The van der Waals surface area contributed by atoms with E-state index in [2.05, 4.69) is 0 Å². The summed E-state index contributed by atoms with van der Waals surface area (Å²) in [6, 6.07) is 39.3. The number of benzene rings is 6. The first-order valence-electron chi connectivity index (χ1n) is 17.9. The molecule has 0 spiro atoms. The second kappa shape index (κ2) is 28.3. The van der Waals surface area contributed by atoms with Gasteiger partial charge in [0.1, 0.15) is 0 Å². The average Bonchev–Trinajstić information content (AvgIpc) is 3.20. The number of carbonyl (C=O) groups excluding carboxylic acids is 6. The van der Waals surface area contributed by atoms with Gasteiger partial charge in [-0.05, 0) is 74.9 Å². The van der Waals surface area contributed by atoms with Gasteiger partial charge in [-0.2, -0.15) is 0 Å². The summed E-state index contributed by atoms with van der Waals surface area (Å²) in [6.45, 7) is 11.4. The largest absolute Gasteiger partial charge is 0.545 e. The SMILES string of the molecule is Cc1ccc(C(=O)[O-])cc1.Cc1ccc(C(=O)[O-])cc1.Cc1ccc(C(=O)[O-])cc1.Cc1ccc(C(=O)[O-])cc1.Cc1ccc(C(=O)[O-])cc1.Cc1ccc(C(=O)[O-])cc1.[Mo]. The standard InChI is InChI=1S/6C8H8O2.Mo/c6*1-6-2-4-7(5-3-6)8(9)10;/h6*2-5H,1H3,(H,9,10);/p-6. The molecule has 61 heavy (non-hydrogen) atoms. The molecule has 0 aromatic heterocycles. The molecule has 6 aromatic carbocycles. The molecule has 0 saturated carbocycles. The minimum absolute atomic E-state index is 0. The van der Waals surface area contributed by atoms with Gasteiger partial charge in [0.25, 0.3) is 0 Å². The summed E-state index contributed by atoms with van der Waals surface area (Å²) in [6.07, 6.45) is 0. The molecule has 6 aromatic rings. The van der Waals surface area contributed by atoms with Crippen molar-refractivity contribution in [3.63, 3.8) is 0 Å². The first-order chi connectivity index (χ1) is 28.2. The van der Waals surface area contributed by atoms with Crippen molar-refractivity contribution in [1.82, 2.24) is 0 Å². The van der Waals surface area contributed by atoms with E-state index in [1.54, 1.807) is 72.8 Å². The zero-order valence-electron chi connectivity index (χ0n) is 34.2. The van der Waals surface area contributed by atoms with E-state index >= 15 is 0 Å². The zero-order chi connectivity index (χ0) is 45.4. The van der Waals surface area contributed by atoms with E-state index in [1.807, 2.05) is 41.5 Å². The summed E-state index contributed by atoms with van der Waals surface area (Å²) in [5.74, 6) is -6.75. The molecule has 6 rings (SSSR count). The molecule has 13 heteroatoms. The van der Waals surface area contributed by atoms with Gasteiger partial charge >= 0.3 is 0 Å². The number of aromatic carboxylic acids is 6. The van der Waals surface area contributed by atoms with Crippen LogP contribution in [0.15, 0.2) is 146 Å². The molecule has 0 amide bonds. The van der Waals surface area contributed by atoms with Crippen LogP contribution in [0.2, 0.25) is 0 Å². The van der Waals surface area contributed by atoms with Crippen LogP contribution in [0.25, 0.3) is 0 Å². The van der Waals surface area contributed by atoms with Gasteiger partial charge in [0.15, 0.2) is 0 Å². The summed E-state index contributed by atoms with van der Waals surface area (Å²) in [7, 11) is 0. The molecule has 0 fully saturated rings. The maximum absolute atomic E-state index is 10.2. The van der Waals surface area contributed by atoms with Crippen LogP contribution in [0.1, 0.15) is 95.5 Å². The van der Waals surface area contributed by atoms with Gasteiger partial charge in [-0.1, -0.05) is 179 Å². The van der Waals surface area contributed by atoms with Crippen molar-refractivity contribution in [2.24, 2.45) is 0 Å². The molecule has 0 radical (unpaired) electrons. The molecule has 0 aliphatic carbocycles. The van der Waals surface area contributed by atoms with Crippen molar-refractivity contribution < 1.29 is 80.5 Å². The Kier molecular flexibility index (Phi) is 25.0. The number of hydrogen-bond donors (Lipinski definition) is 0. The van der Waals surface area contributed by atoms with Crippen molar-refractivity contribution in [2.75, 3.05) is 0 Å². The number of carboxylic acids is 6.